The number of hydrazone groups is 1. The van der Waals surface area contributed by atoms with Gasteiger partial charge in [-0.1, -0.05) is 57.9 Å². The maximum atomic E-state index is 12.4. The van der Waals surface area contributed by atoms with Crippen molar-refractivity contribution >= 4 is 50.6 Å². The number of fused-ring (bicyclic) bond motifs is 1. The van der Waals surface area contributed by atoms with E-state index in [0.29, 0.717) is 40.9 Å². The van der Waals surface area contributed by atoms with Gasteiger partial charge in [-0.25, -0.2) is 5.43 Å². The highest BCUT2D eigenvalue weighted by molar-refractivity contribution is 9.10. The third-order valence-electron chi connectivity index (χ3n) is 4.64. The van der Waals surface area contributed by atoms with Crippen LogP contribution in [0.3, 0.4) is 0 Å². The van der Waals surface area contributed by atoms with E-state index in [1.165, 1.54) is 6.21 Å². The molecular weight excluding hydrogens is 508 g/mol. The maximum absolute atomic E-state index is 12.4. The van der Waals surface area contributed by atoms with Gasteiger partial charge in [0.1, 0.15) is 12.2 Å². The van der Waals surface area contributed by atoms with Gasteiger partial charge in [-0.2, -0.15) is 5.10 Å². The molecular formula is C25H20BrClN2O4. The number of amides is 1. The first kappa shape index (κ1) is 22.9. The number of carbonyl (C=O) groups is 1. The number of benzene rings is 3. The highest BCUT2D eigenvalue weighted by Gasteiger charge is 2.14. The summed E-state index contributed by atoms with van der Waals surface area (Å²) in [5.74, 6) is 0.657. The van der Waals surface area contributed by atoms with Gasteiger partial charge in [0.2, 0.25) is 0 Å². The Labute approximate surface area is 204 Å². The summed E-state index contributed by atoms with van der Waals surface area (Å²) in [6.07, 6.45) is 1.48. The summed E-state index contributed by atoms with van der Waals surface area (Å²) in [5.41, 5.74) is 4.74. The number of nitrogens with zero attached hydrogens (tertiary/aromatic N) is 1. The van der Waals surface area contributed by atoms with Crippen molar-refractivity contribution in [3.8, 4) is 11.5 Å². The van der Waals surface area contributed by atoms with E-state index >= 15 is 0 Å². The number of carbonyl (C=O) groups excluding carboxylic acids is 1. The second-order valence-electron chi connectivity index (χ2n) is 7.03. The molecule has 1 aromatic heterocycles. The minimum Gasteiger partial charge on any atom is -0.490 e. The van der Waals surface area contributed by atoms with Gasteiger partial charge in [0.15, 0.2) is 17.3 Å². The molecule has 1 heterocycles. The van der Waals surface area contributed by atoms with Gasteiger partial charge in [0.25, 0.3) is 0 Å². The molecule has 0 aliphatic rings. The third-order valence-corrected chi connectivity index (χ3v) is 5.41. The summed E-state index contributed by atoms with van der Waals surface area (Å²) in [6, 6.07) is 20.4. The quantitative estimate of drug-likeness (QED) is 0.207. The summed E-state index contributed by atoms with van der Waals surface area (Å²) in [6.45, 7) is 2.68. The van der Waals surface area contributed by atoms with Gasteiger partial charge in [-0.3, -0.25) is 4.79 Å². The topological polar surface area (TPSA) is 73.1 Å². The Balaban J connectivity index is 1.46. The predicted molar refractivity (Wildman–Crippen MR) is 132 cm³/mol. The molecule has 0 spiro atoms. The Kier molecular flexibility index (Phi) is 7.32. The zero-order valence-electron chi connectivity index (χ0n) is 17.7. The molecule has 8 heteroatoms. The fourth-order valence-electron chi connectivity index (χ4n) is 3.14. The van der Waals surface area contributed by atoms with Crippen LogP contribution in [0.25, 0.3) is 11.0 Å². The fraction of sp³-hybridized carbons (Fsp3) is 0.120. The van der Waals surface area contributed by atoms with E-state index in [2.05, 4.69) is 26.5 Å². The minimum absolute atomic E-state index is 0.165. The highest BCUT2D eigenvalue weighted by Crippen LogP contribution is 2.37. The molecule has 6 nitrogen and oxygen atoms in total. The number of furan rings is 1. The molecule has 1 amide bonds. The Bertz CT molecular complexity index is 1300. The molecule has 0 fully saturated rings. The Morgan fingerprint density at radius 1 is 1.12 bits per heavy atom. The van der Waals surface area contributed by atoms with Crippen LogP contribution >= 0.6 is 27.5 Å². The van der Waals surface area contributed by atoms with Gasteiger partial charge in [-0.05, 0) is 54.4 Å². The molecule has 0 atom stereocenters. The van der Waals surface area contributed by atoms with E-state index in [9.17, 15) is 4.79 Å². The average Bonchev–Trinajstić information content (AvgIpc) is 3.23. The molecule has 168 valence electrons. The Hall–Kier alpha value is -3.29. The van der Waals surface area contributed by atoms with Gasteiger partial charge in [0.05, 0.1) is 17.8 Å². The van der Waals surface area contributed by atoms with E-state index in [1.807, 2.05) is 49.4 Å². The molecule has 0 aliphatic carbocycles. The zero-order chi connectivity index (χ0) is 23.2. The van der Waals surface area contributed by atoms with Crippen LogP contribution in [0.5, 0.6) is 11.5 Å². The summed E-state index contributed by atoms with van der Waals surface area (Å²) in [5, 5.41) is 5.22. The van der Waals surface area contributed by atoms with Crippen LogP contribution in [0.1, 0.15) is 28.6 Å². The lowest BCUT2D eigenvalue weighted by Gasteiger charge is -2.14. The van der Waals surface area contributed by atoms with Crippen LogP contribution in [0.4, 0.5) is 0 Å². The highest BCUT2D eigenvalue weighted by atomic mass is 79.9. The maximum Gasteiger partial charge on any atom is 0.307 e. The molecule has 0 unspecified atom stereocenters. The predicted octanol–water partition coefficient (Wildman–Crippen LogP) is 6.59. The van der Waals surface area contributed by atoms with Gasteiger partial charge < -0.3 is 13.9 Å². The molecule has 4 rings (SSSR count). The third kappa shape index (κ3) is 5.74. The Morgan fingerprint density at radius 3 is 2.73 bits per heavy atom. The molecule has 4 aromatic rings. The number of nitrogens with one attached hydrogen (secondary N) is 1. The molecule has 0 saturated carbocycles. The molecule has 0 bridgehead atoms. The van der Waals surface area contributed by atoms with Crippen LogP contribution in [-0.2, 0) is 6.61 Å². The van der Waals surface area contributed by atoms with Crippen LogP contribution in [0.15, 0.2) is 80.7 Å². The normalized spacial score (nSPS) is 11.1. The molecule has 0 saturated heterocycles. The lowest BCUT2D eigenvalue weighted by atomic mass is 10.2. The summed E-state index contributed by atoms with van der Waals surface area (Å²) in [4.78, 5) is 12.4. The van der Waals surface area contributed by atoms with E-state index in [-0.39, 0.29) is 5.76 Å². The summed E-state index contributed by atoms with van der Waals surface area (Å²) < 4.78 is 18.1. The zero-order valence-corrected chi connectivity index (χ0v) is 20.0. The van der Waals surface area contributed by atoms with Crippen LogP contribution < -0.4 is 14.9 Å². The van der Waals surface area contributed by atoms with Crippen molar-refractivity contribution in [2.45, 2.75) is 13.5 Å². The molecule has 33 heavy (non-hydrogen) atoms. The van der Waals surface area contributed by atoms with Gasteiger partial charge >= 0.3 is 5.91 Å². The number of halogens is 2. The van der Waals surface area contributed by atoms with Crippen molar-refractivity contribution in [2.75, 3.05) is 6.61 Å². The lowest BCUT2D eigenvalue weighted by Crippen LogP contribution is -2.16. The van der Waals surface area contributed by atoms with Crippen molar-refractivity contribution in [3.05, 3.63) is 93.1 Å². The van der Waals surface area contributed by atoms with E-state index in [1.54, 1.807) is 24.3 Å². The number of rotatable bonds is 8. The lowest BCUT2D eigenvalue weighted by molar-refractivity contribution is 0.0929. The van der Waals surface area contributed by atoms with Crippen LogP contribution in [0, 0.1) is 0 Å². The second kappa shape index (κ2) is 10.6. The average molecular weight is 528 g/mol. The summed E-state index contributed by atoms with van der Waals surface area (Å²) in [7, 11) is 0. The van der Waals surface area contributed by atoms with E-state index < -0.39 is 5.91 Å². The standard InChI is InChI=1S/C25H20BrClN2O4/c1-2-31-22-11-17(10-20(27)24(22)32-15-16-6-4-3-5-7-16)14-28-29-25(30)23-13-18-12-19(26)8-9-21(18)33-23/h3-14H,2,15H2,1H3,(H,29,30)/b28-14+. The molecule has 1 N–H and O–H groups in total. The molecule has 3 aromatic carbocycles. The van der Waals surface area contributed by atoms with Crippen LogP contribution in [0.2, 0.25) is 5.02 Å². The number of hydrogen-bond donors (Lipinski definition) is 1. The van der Waals surface area contributed by atoms with Crippen molar-refractivity contribution in [1.29, 1.82) is 0 Å². The van der Waals surface area contributed by atoms with Crippen LogP contribution in [-0.4, -0.2) is 18.7 Å². The van der Waals surface area contributed by atoms with Gasteiger partial charge in [0, 0.05) is 9.86 Å². The molecule has 0 radical (unpaired) electrons. The smallest absolute Gasteiger partial charge is 0.307 e. The first-order valence-electron chi connectivity index (χ1n) is 10.2. The van der Waals surface area contributed by atoms with Crippen molar-refractivity contribution < 1.29 is 18.7 Å². The SMILES string of the molecule is CCOc1cc(/C=N/NC(=O)c2cc3cc(Br)ccc3o2)cc(Cl)c1OCc1ccccc1. The monoisotopic (exact) mass is 526 g/mol. The second-order valence-corrected chi connectivity index (χ2v) is 8.35. The minimum atomic E-state index is -0.461. The summed E-state index contributed by atoms with van der Waals surface area (Å²) >= 11 is 9.86. The van der Waals surface area contributed by atoms with E-state index in [4.69, 9.17) is 25.5 Å². The fourth-order valence-corrected chi connectivity index (χ4v) is 3.79. The molecule has 0 aliphatic heterocycles. The van der Waals surface area contributed by atoms with Crippen molar-refractivity contribution in [3.63, 3.8) is 0 Å². The Morgan fingerprint density at radius 2 is 1.94 bits per heavy atom. The van der Waals surface area contributed by atoms with Crippen molar-refractivity contribution in [2.24, 2.45) is 5.10 Å². The van der Waals surface area contributed by atoms with E-state index in [0.717, 1.165) is 15.4 Å². The largest absolute Gasteiger partial charge is 0.490 e. The first-order valence-corrected chi connectivity index (χ1v) is 11.4. The van der Waals surface area contributed by atoms with Crippen molar-refractivity contribution in [1.82, 2.24) is 5.43 Å². The van der Waals surface area contributed by atoms with Gasteiger partial charge in [-0.15, -0.1) is 0 Å². The first-order chi connectivity index (χ1) is 16.0. The number of hydrogen-bond acceptors (Lipinski definition) is 5. The number of ether oxygens (including phenoxy) is 2.